The zero-order valence-electron chi connectivity index (χ0n) is 12.9. The Morgan fingerprint density at radius 2 is 2.25 bits per heavy atom. The van der Waals surface area contributed by atoms with Gasteiger partial charge in [-0.25, -0.2) is 5.43 Å². The van der Waals surface area contributed by atoms with Crippen LogP contribution in [0.3, 0.4) is 0 Å². The van der Waals surface area contributed by atoms with Crippen LogP contribution < -0.4 is 19.6 Å². The van der Waals surface area contributed by atoms with Crippen molar-refractivity contribution in [1.29, 1.82) is 0 Å². The molecule has 0 bridgehead atoms. The molecule has 0 unspecified atom stereocenters. The van der Waals surface area contributed by atoms with Gasteiger partial charge in [0.25, 0.3) is 5.91 Å². The van der Waals surface area contributed by atoms with Crippen LogP contribution >= 0.6 is 15.9 Å². The van der Waals surface area contributed by atoms with Gasteiger partial charge in [0.15, 0.2) is 18.1 Å². The molecule has 0 atom stereocenters. The number of fused-ring (bicyclic) bond motifs is 1. The molecule has 0 fully saturated rings. The fourth-order valence-electron chi connectivity index (χ4n) is 2.13. The smallest absolute Gasteiger partial charge is 0.277 e. The molecule has 1 aliphatic rings. The van der Waals surface area contributed by atoms with Crippen LogP contribution in [0.25, 0.3) is 0 Å². The second-order valence-electron chi connectivity index (χ2n) is 5.13. The van der Waals surface area contributed by atoms with Crippen LogP contribution in [0.2, 0.25) is 0 Å². The van der Waals surface area contributed by atoms with E-state index < -0.39 is 0 Å². The maximum absolute atomic E-state index is 11.7. The van der Waals surface area contributed by atoms with Crippen LogP contribution in [0.5, 0.6) is 17.2 Å². The summed E-state index contributed by atoms with van der Waals surface area (Å²) in [6, 6.07) is 11.1. The van der Waals surface area contributed by atoms with E-state index in [2.05, 4.69) is 26.5 Å². The first-order chi connectivity index (χ1) is 11.6. The maximum Gasteiger partial charge on any atom is 0.277 e. The average Bonchev–Trinajstić information content (AvgIpc) is 3.02. The van der Waals surface area contributed by atoms with Gasteiger partial charge >= 0.3 is 0 Å². The topological polar surface area (TPSA) is 69.2 Å². The molecular weight excluding hydrogens is 376 g/mol. The third-order valence-electron chi connectivity index (χ3n) is 3.21. The molecule has 24 heavy (non-hydrogen) atoms. The van der Waals surface area contributed by atoms with E-state index in [9.17, 15) is 4.79 Å². The Kier molecular flexibility index (Phi) is 5.00. The van der Waals surface area contributed by atoms with Crippen LogP contribution in [0.4, 0.5) is 0 Å². The number of amides is 1. The number of ether oxygens (including phenoxy) is 3. The van der Waals surface area contributed by atoms with Crippen molar-refractivity contribution in [2.45, 2.75) is 6.92 Å². The largest absolute Gasteiger partial charge is 0.484 e. The summed E-state index contributed by atoms with van der Waals surface area (Å²) in [5, 5.41) is 3.92. The summed E-state index contributed by atoms with van der Waals surface area (Å²) in [7, 11) is 0. The first-order valence-corrected chi connectivity index (χ1v) is 8.01. The second-order valence-corrected chi connectivity index (χ2v) is 5.99. The lowest BCUT2D eigenvalue weighted by molar-refractivity contribution is -0.123. The van der Waals surface area contributed by atoms with Gasteiger partial charge in [-0.1, -0.05) is 12.1 Å². The molecule has 124 valence electrons. The number of carbonyl (C=O) groups is 1. The minimum absolute atomic E-state index is 0.106. The van der Waals surface area contributed by atoms with Gasteiger partial charge in [-0.15, -0.1) is 0 Å². The molecule has 0 saturated carbocycles. The molecule has 1 N–H and O–H groups in total. The number of rotatable bonds is 5. The third-order valence-corrected chi connectivity index (χ3v) is 3.80. The lowest BCUT2D eigenvalue weighted by Gasteiger charge is -2.05. The lowest BCUT2D eigenvalue weighted by Crippen LogP contribution is -2.24. The highest BCUT2D eigenvalue weighted by Gasteiger charge is 2.17. The molecule has 2 aromatic rings. The van der Waals surface area contributed by atoms with Crippen LogP contribution in [0.1, 0.15) is 11.1 Å². The Hall–Kier alpha value is -2.54. The Bertz CT molecular complexity index is 792. The molecule has 0 saturated heterocycles. The number of carbonyl (C=O) groups excluding carboxylic acids is 1. The number of hydrazone groups is 1. The zero-order chi connectivity index (χ0) is 16.9. The van der Waals surface area contributed by atoms with E-state index >= 15 is 0 Å². The summed E-state index contributed by atoms with van der Waals surface area (Å²) in [5.41, 5.74) is 4.26. The normalized spacial score (nSPS) is 12.4. The van der Waals surface area contributed by atoms with Crippen molar-refractivity contribution in [3.05, 3.63) is 52.0 Å². The molecule has 1 heterocycles. The van der Waals surface area contributed by atoms with Gasteiger partial charge in [-0.2, -0.15) is 5.10 Å². The highest BCUT2D eigenvalue weighted by Crippen LogP contribution is 2.39. The van der Waals surface area contributed by atoms with Crippen LogP contribution in [-0.4, -0.2) is 25.5 Å². The monoisotopic (exact) mass is 390 g/mol. The first kappa shape index (κ1) is 16.3. The number of hydrogen-bond donors (Lipinski definition) is 1. The molecule has 6 nitrogen and oxygen atoms in total. The molecule has 1 aliphatic heterocycles. The van der Waals surface area contributed by atoms with Crippen molar-refractivity contribution in [3.63, 3.8) is 0 Å². The minimum atomic E-state index is -0.340. The minimum Gasteiger partial charge on any atom is -0.484 e. The van der Waals surface area contributed by atoms with Gasteiger partial charge in [0.05, 0.1) is 10.7 Å². The Balaban J connectivity index is 1.53. The number of aryl methyl sites for hydroxylation is 1. The quantitative estimate of drug-likeness (QED) is 0.629. The number of benzene rings is 2. The van der Waals surface area contributed by atoms with Crippen molar-refractivity contribution in [2.75, 3.05) is 13.4 Å². The molecule has 3 rings (SSSR count). The van der Waals surface area contributed by atoms with Gasteiger partial charge in [0, 0.05) is 0 Å². The van der Waals surface area contributed by atoms with E-state index in [4.69, 9.17) is 14.2 Å². The summed E-state index contributed by atoms with van der Waals surface area (Å²) in [6.07, 6.45) is 1.53. The Labute approximate surface area is 147 Å². The fraction of sp³-hybridized carbons (Fsp3) is 0.176. The summed E-state index contributed by atoms with van der Waals surface area (Å²) < 4.78 is 16.8. The van der Waals surface area contributed by atoms with E-state index in [0.717, 1.165) is 15.6 Å². The summed E-state index contributed by atoms with van der Waals surface area (Å²) in [4.78, 5) is 11.7. The summed E-state index contributed by atoms with van der Waals surface area (Å²) in [5.74, 6) is 1.61. The molecule has 0 aromatic heterocycles. The maximum atomic E-state index is 11.7. The zero-order valence-corrected chi connectivity index (χ0v) is 14.5. The lowest BCUT2D eigenvalue weighted by atomic mass is 10.2. The molecule has 0 aliphatic carbocycles. The number of halogens is 1. The number of nitrogens with one attached hydrogen (secondary N) is 1. The van der Waals surface area contributed by atoms with Gasteiger partial charge in [0.2, 0.25) is 6.79 Å². The van der Waals surface area contributed by atoms with Crippen molar-refractivity contribution in [1.82, 2.24) is 5.43 Å². The Morgan fingerprint density at radius 1 is 1.38 bits per heavy atom. The van der Waals surface area contributed by atoms with Crippen molar-refractivity contribution in [2.24, 2.45) is 5.10 Å². The van der Waals surface area contributed by atoms with Gasteiger partial charge < -0.3 is 14.2 Å². The SMILES string of the molecule is Cc1cccc(OCC(=O)N/N=C\c2cc(Br)c3c(c2)OCO3)c1. The van der Waals surface area contributed by atoms with Crippen LogP contribution in [0.15, 0.2) is 46.0 Å². The van der Waals surface area contributed by atoms with Crippen molar-refractivity contribution >= 4 is 28.1 Å². The molecule has 1 amide bonds. The highest BCUT2D eigenvalue weighted by molar-refractivity contribution is 9.10. The van der Waals surface area contributed by atoms with Crippen LogP contribution in [-0.2, 0) is 4.79 Å². The Morgan fingerprint density at radius 3 is 3.08 bits per heavy atom. The van der Waals surface area contributed by atoms with E-state index in [0.29, 0.717) is 17.2 Å². The van der Waals surface area contributed by atoms with Crippen molar-refractivity contribution < 1.29 is 19.0 Å². The van der Waals surface area contributed by atoms with Crippen molar-refractivity contribution in [3.8, 4) is 17.2 Å². The molecule has 7 heteroatoms. The van der Waals surface area contributed by atoms with E-state index in [1.807, 2.05) is 31.2 Å². The molecular formula is C17H15BrN2O4. The second kappa shape index (κ2) is 7.35. The first-order valence-electron chi connectivity index (χ1n) is 7.22. The third kappa shape index (κ3) is 4.05. The predicted octanol–water partition coefficient (Wildman–Crippen LogP) is 3.02. The molecule has 0 radical (unpaired) electrons. The van der Waals surface area contributed by atoms with E-state index in [-0.39, 0.29) is 19.3 Å². The summed E-state index contributed by atoms with van der Waals surface area (Å²) in [6.45, 7) is 2.05. The number of nitrogens with zero attached hydrogens (tertiary/aromatic N) is 1. The van der Waals surface area contributed by atoms with Gasteiger partial charge in [-0.3, -0.25) is 4.79 Å². The molecule has 0 spiro atoms. The highest BCUT2D eigenvalue weighted by atomic mass is 79.9. The van der Waals surface area contributed by atoms with Gasteiger partial charge in [0.1, 0.15) is 5.75 Å². The fourth-order valence-corrected chi connectivity index (χ4v) is 2.70. The summed E-state index contributed by atoms with van der Waals surface area (Å²) >= 11 is 3.40. The average molecular weight is 391 g/mol. The predicted molar refractivity (Wildman–Crippen MR) is 92.7 cm³/mol. The van der Waals surface area contributed by atoms with Crippen LogP contribution in [0, 0.1) is 6.92 Å². The van der Waals surface area contributed by atoms with E-state index in [1.165, 1.54) is 6.21 Å². The van der Waals surface area contributed by atoms with E-state index in [1.54, 1.807) is 12.1 Å². The standard InChI is InChI=1S/C17H15BrN2O4/c1-11-3-2-4-13(5-11)22-9-16(21)20-19-8-12-6-14(18)17-15(7-12)23-10-24-17/h2-8H,9-10H2,1H3,(H,20,21)/b19-8-. The molecule has 2 aromatic carbocycles. The van der Waals surface area contributed by atoms with Gasteiger partial charge in [-0.05, 0) is 58.2 Å². The number of hydrogen-bond acceptors (Lipinski definition) is 5.